The van der Waals surface area contributed by atoms with Crippen molar-refractivity contribution in [3.63, 3.8) is 0 Å². The quantitative estimate of drug-likeness (QED) is 0.0601. The van der Waals surface area contributed by atoms with Gasteiger partial charge in [0.15, 0.2) is 0 Å². The molecule has 346 valence electrons. The smallest absolute Gasteiger partial charge is 0.361 e. The predicted octanol–water partition coefficient (Wildman–Crippen LogP) is 11.5. The highest BCUT2D eigenvalue weighted by Gasteiger charge is 2.95. The van der Waals surface area contributed by atoms with Gasteiger partial charge in [0.2, 0.25) is 0 Å². The fraction of sp³-hybridized carbons (Fsp3) is 0.525. The molecule has 0 amide bonds. The van der Waals surface area contributed by atoms with Gasteiger partial charge in [-0.05, 0) is 23.1 Å². The Kier molecular flexibility index (Phi) is 12.1. The minimum atomic E-state index is -8.69. The number of halogens is 17. The van der Waals surface area contributed by atoms with Gasteiger partial charge < -0.3 is 9.22 Å². The molecule has 3 aliphatic rings. The van der Waals surface area contributed by atoms with Gasteiger partial charge >= 0.3 is 47.6 Å². The molecule has 1 unspecified atom stereocenters. The molecule has 6 nitrogen and oxygen atoms in total. The minimum absolute atomic E-state index is 0.120. The number of pyridine rings is 1. The Bertz CT molecular complexity index is 2260. The lowest BCUT2D eigenvalue weighted by atomic mass is 9.61. The minimum Gasteiger partial charge on any atom is -0.361 e. The van der Waals surface area contributed by atoms with Gasteiger partial charge in [-0.2, -0.15) is 74.6 Å². The Morgan fingerprint density at radius 1 is 0.794 bits per heavy atom. The maximum atomic E-state index is 14.7. The Balaban J connectivity index is 1.25. The number of alkyl halides is 17. The van der Waals surface area contributed by atoms with Gasteiger partial charge in [-0.15, -0.1) is 11.7 Å². The van der Waals surface area contributed by atoms with E-state index >= 15 is 0 Å². The van der Waals surface area contributed by atoms with Crippen LogP contribution in [0.5, 0.6) is 0 Å². The van der Waals surface area contributed by atoms with E-state index in [2.05, 4.69) is 28.8 Å². The topological polar surface area (TPSA) is 52.8 Å². The van der Waals surface area contributed by atoms with Crippen LogP contribution in [-0.2, 0) is 24.4 Å². The van der Waals surface area contributed by atoms with Crippen LogP contribution in [0.3, 0.4) is 0 Å². The standard InChI is InChI=1S/C40H37F17N5O/c1-3-25-22-62(21-24-9-5-4-6-10-24)18-15-32(25,2)19-30(62)31(28-13-16-58-29-12-8-7-11-27(28)29)63-23-26-20-61(60-59-26)17-14-33(41,42)34(43,44)35(45,46)36(47,48)37(49,50)38(51,52)39(53,54)40(55,56)57/h3-13,16,20,25,30-31H,1,14-15,17-19,21-23H2,2H3/q+1/t25-,30-,31+,32-,62?/m0/s1. The summed E-state index contributed by atoms with van der Waals surface area (Å²) in [7, 11) is 0. The second-order valence-electron chi connectivity index (χ2n) is 16.3. The molecule has 5 heterocycles. The maximum absolute atomic E-state index is 14.7. The monoisotopic (exact) mass is 926 g/mol. The molecule has 5 atom stereocenters. The lowest BCUT2D eigenvalue weighted by Crippen LogP contribution is -2.74. The summed E-state index contributed by atoms with van der Waals surface area (Å²) in [6, 6.07) is 18.4. The van der Waals surface area contributed by atoms with Crippen molar-refractivity contribution < 1.29 is 83.9 Å². The molecule has 0 spiro atoms. The van der Waals surface area contributed by atoms with Gasteiger partial charge in [-0.25, -0.2) is 0 Å². The SMILES string of the molecule is C=C[C@H]1C[N+]2(Cc3ccccc3)CC[C@@]1(C)C[C@H]2[C@H](OCc1cn(CCC(F)(F)C(F)(F)C(F)(F)C(F)(F)C(F)(F)C(F)(F)C(F)(F)C(F)(F)F)nn1)c1ccnc2ccccc12. The number of aromatic nitrogens is 4. The van der Waals surface area contributed by atoms with Crippen molar-refractivity contribution in [3.8, 4) is 0 Å². The number of quaternary nitrogens is 1. The zero-order valence-electron chi connectivity index (χ0n) is 32.7. The third-order valence-corrected chi connectivity index (χ3v) is 12.4. The number of para-hydroxylation sites is 1. The number of rotatable bonds is 17. The predicted molar refractivity (Wildman–Crippen MR) is 190 cm³/mol. The third kappa shape index (κ3) is 7.70. The molecule has 0 N–H and O–H groups in total. The summed E-state index contributed by atoms with van der Waals surface area (Å²) in [6.07, 6.45) is -5.43. The van der Waals surface area contributed by atoms with Crippen LogP contribution in [0.2, 0.25) is 0 Å². The number of ether oxygens (including phenoxy) is 1. The van der Waals surface area contributed by atoms with Crippen LogP contribution in [0.25, 0.3) is 10.9 Å². The van der Waals surface area contributed by atoms with Gasteiger partial charge in [0.05, 0.1) is 31.4 Å². The first-order valence-corrected chi connectivity index (χ1v) is 19.0. The summed E-state index contributed by atoms with van der Waals surface area (Å²) in [5.41, 5.74) is 1.98. The molecule has 0 saturated carbocycles. The molecule has 0 aliphatic carbocycles. The summed E-state index contributed by atoms with van der Waals surface area (Å²) in [6.45, 7) is 6.19. The highest BCUT2D eigenvalue weighted by molar-refractivity contribution is 5.82. The largest absolute Gasteiger partial charge is 0.460 e. The van der Waals surface area contributed by atoms with Crippen LogP contribution in [0, 0.1) is 11.3 Å². The van der Waals surface area contributed by atoms with Gasteiger partial charge in [0.1, 0.15) is 24.4 Å². The summed E-state index contributed by atoms with van der Waals surface area (Å²) in [4.78, 5) is 4.45. The van der Waals surface area contributed by atoms with Crippen LogP contribution in [0.15, 0.2) is 85.7 Å². The van der Waals surface area contributed by atoms with Gasteiger partial charge in [0, 0.05) is 48.9 Å². The van der Waals surface area contributed by atoms with Crippen molar-refractivity contribution in [2.45, 2.75) is 106 Å². The average Bonchev–Trinajstić information content (AvgIpc) is 3.68. The number of aryl methyl sites for hydroxylation is 1. The van der Waals surface area contributed by atoms with Crippen LogP contribution in [0.4, 0.5) is 74.6 Å². The van der Waals surface area contributed by atoms with E-state index in [1.807, 2.05) is 42.5 Å². The molecule has 23 heteroatoms. The van der Waals surface area contributed by atoms with E-state index in [4.69, 9.17) is 4.74 Å². The Labute approximate surface area is 347 Å². The molecule has 4 aromatic rings. The first-order chi connectivity index (χ1) is 28.9. The van der Waals surface area contributed by atoms with E-state index in [1.165, 1.54) is 0 Å². The Morgan fingerprint density at radius 3 is 2.00 bits per heavy atom. The van der Waals surface area contributed by atoms with Crippen LogP contribution >= 0.6 is 0 Å². The van der Waals surface area contributed by atoms with Crippen molar-refractivity contribution >= 4 is 10.9 Å². The van der Waals surface area contributed by atoms with Crippen LogP contribution in [0.1, 0.15) is 49.1 Å². The molecule has 63 heavy (non-hydrogen) atoms. The summed E-state index contributed by atoms with van der Waals surface area (Å²) in [5, 5.41) is 7.87. The van der Waals surface area contributed by atoms with Crippen molar-refractivity contribution in [2.24, 2.45) is 11.3 Å². The molecular formula is C40H37F17N5O+. The van der Waals surface area contributed by atoms with E-state index in [0.29, 0.717) is 39.8 Å². The number of hydrogen-bond donors (Lipinski definition) is 0. The molecule has 7 rings (SSSR count). The van der Waals surface area contributed by atoms with Crippen molar-refractivity contribution in [3.05, 3.63) is 103 Å². The normalized spacial score (nSPS) is 23.6. The maximum Gasteiger partial charge on any atom is 0.460 e. The fourth-order valence-corrected chi connectivity index (χ4v) is 8.63. The average molecular weight is 927 g/mol. The second kappa shape index (κ2) is 15.9. The molecule has 2 aromatic heterocycles. The molecule has 3 fully saturated rings. The first kappa shape index (κ1) is 47.9. The molecule has 2 bridgehead atoms. The first-order valence-electron chi connectivity index (χ1n) is 19.0. The zero-order valence-corrected chi connectivity index (χ0v) is 32.7. The van der Waals surface area contributed by atoms with Crippen molar-refractivity contribution in [2.75, 3.05) is 13.1 Å². The molecule has 2 aromatic carbocycles. The number of nitrogens with zero attached hydrogens (tertiary/aromatic N) is 5. The number of fused-ring (bicyclic) bond motifs is 4. The molecular weight excluding hydrogens is 889 g/mol. The Morgan fingerprint density at radius 2 is 1.38 bits per heavy atom. The van der Waals surface area contributed by atoms with Gasteiger partial charge in [-0.3, -0.25) is 9.67 Å². The Hall–Kier alpha value is -4.54. The third-order valence-electron chi connectivity index (χ3n) is 12.4. The summed E-state index contributed by atoms with van der Waals surface area (Å²) < 4.78 is 242. The van der Waals surface area contributed by atoms with E-state index in [-0.39, 0.29) is 23.1 Å². The number of piperidine rings is 3. The fourth-order valence-electron chi connectivity index (χ4n) is 8.63. The molecule has 3 saturated heterocycles. The van der Waals surface area contributed by atoms with Crippen LogP contribution in [-0.4, -0.2) is 91.2 Å². The number of hydrogen-bond acceptors (Lipinski definition) is 4. The second-order valence-corrected chi connectivity index (χ2v) is 16.3. The lowest BCUT2D eigenvalue weighted by molar-refractivity contribution is -0.987. The van der Waals surface area contributed by atoms with Gasteiger partial charge in [-0.1, -0.05) is 66.7 Å². The lowest BCUT2D eigenvalue weighted by Gasteiger charge is -2.62. The van der Waals surface area contributed by atoms with E-state index in [1.54, 1.807) is 30.5 Å². The number of benzene rings is 2. The summed E-state index contributed by atoms with van der Waals surface area (Å²) >= 11 is 0. The van der Waals surface area contributed by atoms with E-state index < -0.39 is 73.3 Å². The highest BCUT2D eigenvalue weighted by atomic mass is 19.4. The zero-order chi connectivity index (χ0) is 46.9. The van der Waals surface area contributed by atoms with E-state index in [9.17, 15) is 74.6 Å². The van der Waals surface area contributed by atoms with E-state index in [0.717, 1.165) is 30.1 Å². The summed E-state index contributed by atoms with van der Waals surface area (Å²) in [5.74, 6) is -56.7. The van der Waals surface area contributed by atoms with Crippen molar-refractivity contribution in [1.82, 2.24) is 20.0 Å². The highest BCUT2D eigenvalue weighted by Crippen LogP contribution is 2.64. The van der Waals surface area contributed by atoms with Crippen molar-refractivity contribution in [1.29, 1.82) is 0 Å². The van der Waals surface area contributed by atoms with Gasteiger partial charge in [0.25, 0.3) is 0 Å². The molecule has 3 aliphatic heterocycles. The van der Waals surface area contributed by atoms with Crippen LogP contribution < -0.4 is 0 Å². The molecule has 0 radical (unpaired) electrons.